The summed E-state index contributed by atoms with van der Waals surface area (Å²) in [6.45, 7) is 5.22. The van der Waals surface area contributed by atoms with Gasteiger partial charge in [0.1, 0.15) is 17.7 Å². The fourth-order valence-electron chi connectivity index (χ4n) is 2.40. The summed E-state index contributed by atoms with van der Waals surface area (Å²) >= 11 is 0. The maximum atomic E-state index is 12.8. The summed E-state index contributed by atoms with van der Waals surface area (Å²) in [4.78, 5) is 14.0. The number of halogens is 1. The van der Waals surface area contributed by atoms with Crippen molar-refractivity contribution < 1.29 is 13.9 Å². The molecule has 1 aliphatic heterocycles. The summed E-state index contributed by atoms with van der Waals surface area (Å²) < 4.78 is 18.6. The van der Waals surface area contributed by atoms with Gasteiger partial charge in [-0.1, -0.05) is 13.8 Å². The quantitative estimate of drug-likeness (QED) is 0.926. The van der Waals surface area contributed by atoms with E-state index in [0.717, 1.165) is 12.8 Å². The van der Waals surface area contributed by atoms with E-state index in [1.807, 2.05) is 18.7 Å². The van der Waals surface area contributed by atoms with E-state index in [1.165, 1.54) is 12.1 Å². The average Bonchev–Trinajstić information content (AvgIpc) is 2.49. The molecule has 1 aliphatic rings. The number of benzene rings is 1. The predicted molar refractivity (Wildman–Crippen MR) is 79.4 cm³/mol. The van der Waals surface area contributed by atoms with Crippen LogP contribution in [0.2, 0.25) is 0 Å². The Labute approximate surface area is 125 Å². The third-order valence-corrected chi connectivity index (χ3v) is 3.87. The maximum absolute atomic E-state index is 12.8. The molecule has 1 aromatic carbocycles. The van der Waals surface area contributed by atoms with E-state index in [2.05, 4.69) is 0 Å². The molecule has 0 radical (unpaired) electrons. The van der Waals surface area contributed by atoms with E-state index in [1.54, 1.807) is 12.1 Å². The zero-order valence-corrected chi connectivity index (χ0v) is 12.6. The van der Waals surface area contributed by atoms with Crippen LogP contribution in [0.1, 0.15) is 26.7 Å². The van der Waals surface area contributed by atoms with Gasteiger partial charge in [0.2, 0.25) is 5.91 Å². The van der Waals surface area contributed by atoms with Gasteiger partial charge in [-0.2, -0.15) is 0 Å². The lowest BCUT2D eigenvalue weighted by atomic mass is 10.0. The van der Waals surface area contributed by atoms with Gasteiger partial charge in [-0.3, -0.25) is 4.79 Å². The Morgan fingerprint density at radius 3 is 2.38 bits per heavy atom. The minimum Gasteiger partial charge on any atom is -0.490 e. The van der Waals surface area contributed by atoms with Gasteiger partial charge in [-0.05, 0) is 30.2 Å². The number of amides is 1. The molecule has 2 N–H and O–H groups in total. The molecule has 1 heterocycles. The number of rotatable bonds is 4. The standard InChI is InChI=1S/C16H23FN2O2/c1-11(2)15(18)16(20)19-9-7-14(8-10-19)21-13-5-3-12(17)4-6-13/h3-6,11,14-15H,7-10,18H2,1-2H3/t15-/m1/s1. The number of nitrogens with zero attached hydrogens (tertiary/aromatic N) is 1. The Kier molecular flexibility index (Phi) is 5.17. The van der Waals surface area contributed by atoms with E-state index < -0.39 is 6.04 Å². The summed E-state index contributed by atoms with van der Waals surface area (Å²) in [6.07, 6.45) is 1.61. The first-order chi connectivity index (χ1) is 9.97. The molecule has 21 heavy (non-hydrogen) atoms. The van der Waals surface area contributed by atoms with Gasteiger partial charge in [0, 0.05) is 25.9 Å². The molecule has 116 valence electrons. The first kappa shape index (κ1) is 15.8. The molecule has 0 aliphatic carbocycles. The first-order valence-electron chi connectivity index (χ1n) is 7.44. The Bertz CT molecular complexity index is 468. The molecule has 1 amide bonds. The number of likely N-dealkylation sites (tertiary alicyclic amines) is 1. The summed E-state index contributed by atoms with van der Waals surface area (Å²) in [5, 5.41) is 0. The van der Waals surface area contributed by atoms with Gasteiger partial charge in [-0.15, -0.1) is 0 Å². The van der Waals surface area contributed by atoms with Gasteiger partial charge in [0.05, 0.1) is 6.04 Å². The van der Waals surface area contributed by atoms with Crippen molar-refractivity contribution in [3.8, 4) is 5.75 Å². The average molecular weight is 294 g/mol. The fraction of sp³-hybridized carbons (Fsp3) is 0.562. The summed E-state index contributed by atoms with van der Waals surface area (Å²) in [6, 6.07) is 5.59. The molecule has 4 nitrogen and oxygen atoms in total. The molecule has 0 saturated carbocycles. The van der Waals surface area contributed by atoms with Crippen molar-refractivity contribution in [2.45, 2.75) is 38.8 Å². The lowest BCUT2D eigenvalue weighted by molar-refractivity contribution is -0.135. The van der Waals surface area contributed by atoms with Crippen LogP contribution in [0.5, 0.6) is 5.75 Å². The topological polar surface area (TPSA) is 55.6 Å². The van der Waals surface area contributed by atoms with Crippen molar-refractivity contribution in [3.63, 3.8) is 0 Å². The normalized spacial score (nSPS) is 17.9. The molecule has 1 atom stereocenters. The minimum absolute atomic E-state index is 0.0187. The minimum atomic E-state index is -0.431. The lowest BCUT2D eigenvalue weighted by Gasteiger charge is -2.34. The van der Waals surface area contributed by atoms with Crippen LogP contribution >= 0.6 is 0 Å². The number of nitrogens with two attached hydrogens (primary N) is 1. The highest BCUT2D eigenvalue weighted by atomic mass is 19.1. The van der Waals surface area contributed by atoms with Crippen molar-refractivity contribution in [1.29, 1.82) is 0 Å². The molecule has 1 fully saturated rings. The van der Waals surface area contributed by atoms with Gasteiger partial charge in [0.25, 0.3) is 0 Å². The number of piperidine rings is 1. The highest BCUT2D eigenvalue weighted by Crippen LogP contribution is 2.20. The smallest absolute Gasteiger partial charge is 0.239 e. The van der Waals surface area contributed by atoms with Crippen LogP contribution in [0.3, 0.4) is 0 Å². The molecular weight excluding hydrogens is 271 g/mol. The molecule has 1 aromatic rings. The molecule has 5 heteroatoms. The largest absolute Gasteiger partial charge is 0.490 e. The molecule has 2 rings (SSSR count). The van der Waals surface area contributed by atoms with Crippen LogP contribution in [0.4, 0.5) is 4.39 Å². The molecule has 0 spiro atoms. The van der Waals surface area contributed by atoms with Crippen LogP contribution in [-0.2, 0) is 4.79 Å². The van der Waals surface area contributed by atoms with E-state index >= 15 is 0 Å². The van der Waals surface area contributed by atoms with Crippen LogP contribution in [-0.4, -0.2) is 36.0 Å². The summed E-state index contributed by atoms with van der Waals surface area (Å²) in [7, 11) is 0. The van der Waals surface area contributed by atoms with Crippen molar-refractivity contribution in [1.82, 2.24) is 4.90 Å². The predicted octanol–water partition coefficient (Wildman–Crippen LogP) is 2.18. The Balaban J connectivity index is 1.83. The highest BCUT2D eigenvalue weighted by Gasteiger charge is 2.28. The maximum Gasteiger partial charge on any atom is 0.239 e. The van der Waals surface area contributed by atoms with Gasteiger partial charge < -0.3 is 15.4 Å². The third-order valence-electron chi connectivity index (χ3n) is 3.87. The number of carbonyl (C=O) groups is 1. The SMILES string of the molecule is CC(C)[C@@H](N)C(=O)N1CCC(Oc2ccc(F)cc2)CC1. The fourth-order valence-corrected chi connectivity index (χ4v) is 2.40. The Morgan fingerprint density at radius 1 is 1.29 bits per heavy atom. The Morgan fingerprint density at radius 2 is 1.86 bits per heavy atom. The number of hydrogen-bond acceptors (Lipinski definition) is 3. The van der Waals surface area contributed by atoms with Crippen molar-refractivity contribution in [2.75, 3.05) is 13.1 Å². The van der Waals surface area contributed by atoms with Crippen LogP contribution in [0.15, 0.2) is 24.3 Å². The molecule has 0 unspecified atom stereocenters. The second-order valence-electron chi connectivity index (χ2n) is 5.87. The van der Waals surface area contributed by atoms with Gasteiger partial charge in [0.15, 0.2) is 0 Å². The van der Waals surface area contributed by atoms with Gasteiger partial charge >= 0.3 is 0 Å². The molecule has 1 saturated heterocycles. The summed E-state index contributed by atoms with van der Waals surface area (Å²) in [5.41, 5.74) is 5.91. The molecular formula is C16H23FN2O2. The highest BCUT2D eigenvalue weighted by molar-refractivity contribution is 5.82. The lowest BCUT2D eigenvalue weighted by Crippen LogP contribution is -2.50. The van der Waals surface area contributed by atoms with Gasteiger partial charge in [-0.25, -0.2) is 4.39 Å². The van der Waals surface area contributed by atoms with Crippen LogP contribution < -0.4 is 10.5 Å². The summed E-state index contributed by atoms with van der Waals surface area (Å²) in [5.74, 6) is 0.557. The van der Waals surface area contributed by atoms with Crippen LogP contribution in [0, 0.1) is 11.7 Å². The second-order valence-corrected chi connectivity index (χ2v) is 5.87. The van der Waals surface area contributed by atoms with Crippen LogP contribution in [0.25, 0.3) is 0 Å². The van der Waals surface area contributed by atoms with Crippen molar-refractivity contribution in [2.24, 2.45) is 11.7 Å². The Hall–Kier alpha value is -1.62. The van der Waals surface area contributed by atoms with E-state index in [-0.39, 0.29) is 23.7 Å². The zero-order chi connectivity index (χ0) is 15.4. The number of carbonyl (C=O) groups excluding carboxylic acids is 1. The molecule has 0 bridgehead atoms. The van der Waals surface area contributed by atoms with E-state index in [9.17, 15) is 9.18 Å². The van der Waals surface area contributed by atoms with E-state index in [4.69, 9.17) is 10.5 Å². The van der Waals surface area contributed by atoms with Crippen molar-refractivity contribution in [3.05, 3.63) is 30.1 Å². The number of hydrogen-bond donors (Lipinski definition) is 1. The molecule has 0 aromatic heterocycles. The van der Waals surface area contributed by atoms with E-state index in [0.29, 0.717) is 18.8 Å². The first-order valence-corrected chi connectivity index (χ1v) is 7.44. The van der Waals surface area contributed by atoms with Crippen molar-refractivity contribution >= 4 is 5.91 Å². The zero-order valence-electron chi connectivity index (χ0n) is 12.6. The third kappa shape index (κ3) is 4.17. The second kappa shape index (κ2) is 6.89. The monoisotopic (exact) mass is 294 g/mol. The number of ether oxygens (including phenoxy) is 1.